The van der Waals surface area contributed by atoms with Crippen LogP contribution < -0.4 is 14.9 Å². The summed E-state index contributed by atoms with van der Waals surface area (Å²) in [5.74, 6) is 0.363. The van der Waals surface area contributed by atoms with E-state index in [0.717, 1.165) is 22.2 Å². The van der Waals surface area contributed by atoms with Crippen LogP contribution in [0, 0.1) is 0 Å². The highest BCUT2D eigenvalue weighted by molar-refractivity contribution is 7.12. The zero-order chi connectivity index (χ0) is 20.9. The number of hydrogen-bond acceptors (Lipinski definition) is 7. The number of anilines is 1. The first-order valence-corrected chi connectivity index (χ1v) is 10.2. The summed E-state index contributed by atoms with van der Waals surface area (Å²) in [6.07, 6.45) is 3.34. The Kier molecular flexibility index (Phi) is 5.92. The lowest BCUT2D eigenvalue weighted by Crippen LogP contribution is -2.07. The van der Waals surface area contributed by atoms with E-state index >= 15 is 0 Å². The van der Waals surface area contributed by atoms with Crippen LogP contribution in [0.15, 0.2) is 71.3 Å². The highest BCUT2D eigenvalue weighted by atomic mass is 35.5. The van der Waals surface area contributed by atoms with Gasteiger partial charge >= 0.3 is 5.97 Å². The Balaban J connectivity index is 1.50. The minimum absolute atomic E-state index is 0.345. The number of rotatable bonds is 6. The van der Waals surface area contributed by atoms with Crippen LogP contribution in [0.2, 0.25) is 5.02 Å². The lowest BCUT2D eigenvalue weighted by molar-refractivity contribution is 0.0735. The number of carbonyl (C=O) groups excluding carboxylic acids is 1. The van der Waals surface area contributed by atoms with Gasteiger partial charge in [-0.3, -0.25) is 10.4 Å². The molecule has 0 aliphatic carbocycles. The molecule has 150 valence electrons. The van der Waals surface area contributed by atoms with Crippen LogP contribution in [0.4, 0.5) is 5.69 Å². The molecule has 1 N–H and O–H groups in total. The first kappa shape index (κ1) is 19.9. The summed E-state index contributed by atoms with van der Waals surface area (Å²) in [5, 5.41) is 7.65. The molecule has 6 nitrogen and oxygen atoms in total. The molecule has 0 atom stereocenters. The van der Waals surface area contributed by atoms with Crippen LogP contribution in [0.3, 0.4) is 0 Å². The zero-order valence-electron chi connectivity index (χ0n) is 15.8. The van der Waals surface area contributed by atoms with E-state index in [-0.39, 0.29) is 0 Å². The molecule has 8 heteroatoms. The SMILES string of the molecule is COc1cc(C=NNc2ccnc3cc(Cl)ccc23)ccc1OC(=O)c1cccs1. The van der Waals surface area contributed by atoms with Gasteiger partial charge in [0.15, 0.2) is 11.5 Å². The molecule has 0 aliphatic heterocycles. The third kappa shape index (κ3) is 4.42. The van der Waals surface area contributed by atoms with Gasteiger partial charge in [0.05, 0.1) is 24.5 Å². The fourth-order valence-corrected chi connectivity index (χ4v) is 3.55. The van der Waals surface area contributed by atoms with Gasteiger partial charge in [0.25, 0.3) is 0 Å². The predicted octanol–water partition coefficient (Wildman–Crippen LogP) is 5.62. The van der Waals surface area contributed by atoms with Crippen molar-refractivity contribution in [3.63, 3.8) is 0 Å². The molecular weight excluding hydrogens is 422 g/mol. The van der Waals surface area contributed by atoms with Gasteiger partial charge < -0.3 is 9.47 Å². The van der Waals surface area contributed by atoms with Crippen LogP contribution in [0.1, 0.15) is 15.2 Å². The number of nitrogens with one attached hydrogen (secondary N) is 1. The van der Waals surface area contributed by atoms with Gasteiger partial charge in [0, 0.05) is 16.6 Å². The van der Waals surface area contributed by atoms with Crippen molar-refractivity contribution in [2.75, 3.05) is 12.5 Å². The Morgan fingerprint density at radius 2 is 2.07 bits per heavy atom. The summed E-state index contributed by atoms with van der Waals surface area (Å²) in [5.41, 5.74) is 5.38. The molecule has 0 unspecified atom stereocenters. The van der Waals surface area contributed by atoms with Crippen molar-refractivity contribution >= 4 is 51.7 Å². The second-order valence-electron chi connectivity index (χ2n) is 6.17. The first-order valence-electron chi connectivity index (χ1n) is 8.91. The molecule has 0 bridgehead atoms. The third-order valence-corrected chi connectivity index (χ3v) is 5.30. The Morgan fingerprint density at radius 3 is 2.87 bits per heavy atom. The minimum Gasteiger partial charge on any atom is -0.493 e. The van der Waals surface area contributed by atoms with E-state index in [9.17, 15) is 4.79 Å². The number of carbonyl (C=O) groups is 1. The molecule has 0 saturated carbocycles. The molecule has 0 spiro atoms. The summed E-state index contributed by atoms with van der Waals surface area (Å²) in [6, 6.07) is 16.0. The maximum Gasteiger partial charge on any atom is 0.353 e. The quantitative estimate of drug-likeness (QED) is 0.183. The molecule has 0 saturated heterocycles. The number of hydrogen-bond donors (Lipinski definition) is 1. The van der Waals surface area contributed by atoms with Crippen molar-refractivity contribution < 1.29 is 14.3 Å². The highest BCUT2D eigenvalue weighted by Crippen LogP contribution is 2.29. The van der Waals surface area contributed by atoms with E-state index in [4.69, 9.17) is 21.1 Å². The van der Waals surface area contributed by atoms with E-state index in [2.05, 4.69) is 15.5 Å². The Bertz CT molecular complexity index is 1230. The number of aromatic nitrogens is 1. The first-order chi connectivity index (χ1) is 14.6. The predicted molar refractivity (Wildman–Crippen MR) is 120 cm³/mol. The van der Waals surface area contributed by atoms with Gasteiger partial charge in [0.1, 0.15) is 4.88 Å². The lowest BCUT2D eigenvalue weighted by Gasteiger charge is -2.09. The van der Waals surface area contributed by atoms with Gasteiger partial charge in [0.2, 0.25) is 0 Å². The summed E-state index contributed by atoms with van der Waals surface area (Å²) in [6.45, 7) is 0. The van der Waals surface area contributed by atoms with Gasteiger partial charge in [-0.2, -0.15) is 5.10 Å². The van der Waals surface area contributed by atoms with Crippen molar-refractivity contribution in [1.29, 1.82) is 0 Å². The van der Waals surface area contributed by atoms with Crippen LogP contribution >= 0.6 is 22.9 Å². The Morgan fingerprint density at radius 1 is 1.17 bits per heavy atom. The fourth-order valence-electron chi connectivity index (χ4n) is 2.79. The zero-order valence-corrected chi connectivity index (χ0v) is 17.4. The lowest BCUT2D eigenvalue weighted by atomic mass is 10.2. The van der Waals surface area contributed by atoms with Gasteiger partial charge in [-0.1, -0.05) is 17.7 Å². The van der Waals surface area contributed by atoms with Crippen LogP contribution in [0.5, 0.6) is 11.5 Å². The molecule has 0 aliphatic rings. The number of hydrazone groups is 1. The van der Waals surface area contributed by atoms with E-state index in [1.807, 2.05) is 23.6 Å². The monoisotopic (exact) mass is 437 g/mol. The molecule has 30 heavy (non-hydrogen) atoms. The second kappa shape index (κ2) is 8.94. The Hall–Kier alpha value is -3.42. The average Bonchev–Trinajstić information content (AvgIpc) is 3.29. The second-order valence-corrected chi connectivity index (χ2v) is 7.55. The minimum atomic E-state index is -0.420. The number of benzene rings is 2. The smallest absolute Gasteiger partial charge is 0.353 e. The Labute approximate surface area is 181 Å². The van der Waals surface area contributed by atoms with E-state index < -0.39 is 5.97 Å². The van der Waals surface area contributed by atoms with Crippen molar-refractivity contribution in [3.8, 4) is 11.5 Å². The van der Waals surface area contributed by atoms with Crippen LogP contribution in [-0.2, 0) is 0 Å². The van der Waals surface area contributed by atoms with Gasteiger partial charge in [-0.25, -0.2) is 4.79 Å². The maximum absolute atomic E-state index is 12.2. The van der Waals surface area contributed by atoms with Crippen molar-refractivity contribution in [3.05, 3.63) is 81.6 Å². The summed E-state index contributed by atoms with van der Waals surface area (Å²) in [7, 11) is 1.52. The molecule has 4 aromatic rings. The number of halogens is 1. The molecular formula is C22H16ClN3O3S. The van der Waals surface area contributed by atoms with Crippen molar-refractivity contribution in [2.24, 2.45) is 5.10 Å². The standard InChI is InChI=1S/C22H16ClN3O3S/c1-28-20-11-14(4-7-19(20)29-22(27)21-3-2-10-30-21)13-25-26-17-8-9-24-18-12-15(23)5-6-16(17)18/h2-13H,1H3,(H,24,26). The maximum atomic E-state index is 12.2. The van der Waals surface area contributed by atoms with Gasteiger partial charge in [-0.05, 0) is 59.5 Å². The normalized spacial score (nSPS) is 11.0. The molecule has 2 heterocycles. The van der Waals surface area contributed by atoms with Crippen molar-refractivity contribution in [1.82, 2.24) is 4.98 Å². The van der Waals surface area contributed by atoms with Crippen LogP contribution in [-0.4, -0.2) is 24.3 Å². The van der Waals surface area contributed by atoms with Gasteiger partial charge in [-0.15, -0.1) is 11.3 Å². The number of pyridine rings is 1. The number of thiophene rings is 1. The number of nitrogens with zero attached hydrogens (tertiary/aromatic N) is 2. The summed E-state index contributed by atoms with van der Waals surface area (Å²) in [4.78, 5) is 17.0. The molecule has 4 rings (SSSR count). The highest BCUT2D eigenvalue weighted by Gasteiger charge is 2.13. The molecule has 2 aromatic heterocycles. The topological polar surface area (TPSA) is 72.8 Å². The number of esters is 1. The number of fused-ring (bicyclic) bond motifs is 1. The number of methoxy groups -OCH3 is 1. The van der Waals surface area contributed by atoms with E-state index in [1.165, 1.54) is 18.4 Å². The molecule has 0 fully saturated rings. The summed E-state index contributed by atoms with van der Waals surface area (Å²) < 4.78 is 10.8. The van der Waals surface area contributed by atoms with Crippen LogP contribution in [0.25, 0.3) is 10.9 Å². The number of ether oxygens (including phenoxy) is 2. The molecule has 0 amide bonds. The molecule has 2 aromatic carbocycles. The fraction of sp³-hybridized carbons (Fsp3) is 0.0455. The summed E-state index contributed by atoms with van der Waals surface area (Å²) >= 11 is 7.35. The van der Waals surface area contributed by atoms with Crippen molar-refractivity contribution in [2.45, 2.75) is 0 Å². The van der Waals surface area contributed by atoms with E-state index in [0.29, 0.717) is 21.4 Å². The average molecular weight is 438 g/mol. The third-order valence-electron chi connectivity index (χ3n) is 4.22. The largest absolute Gasteiger partial charge is 0.493 e. The molecule has 0 radical (unpaired) electrons. The van der Waals surface area contributed by atoms with E-state index in [1.54, 1.807) is 48.8 Å².